The molecule has 0 bridgehead atoms. The number of benzene rings is 2. The summed E-state index contributed by atoms with van der Waals surface area (Å²) >= 11 is 1.33. The zero-order valence-electron chi connectivity index (χ0n) is 17.3. The number of aryl methyl sites for hydroxylation is 1. The van der Waals surface area contributed by atoms with Crippen molar-refractivity contribution in [1.82, 2.24) is 4.98 Å². The Bertz CT molecular complexity index is 1250. The van der Waals surface area contributed by atoms with Crippen molar-refractivity contribution in [2.75, 3.05) is 12.4 Å². The summed E-state index contributed by atoms with van der Waals surface area (Å²) in [6.45, 7) is 3.52. The van der Waals surface area contributed by atoms with E-state index in [9.17, 15) is 9.59 Å². The van der Waals surface area contributed by atoms with Crippen LogP contribution in [0.4, 0.5) is 5.13 Å². The molecule has 0 radical (unpaired) electrons. The Morgan fingerprint density at radius 3 is 2.55 bits per heavy atom. The predicted octanol–water partition coefficient (Wildman–Crippen LogP) is 5.84. The molecule has 156 valence electrons. The average molecular weight is 433 g/mol. The van der Waals surface area contributed by atoms with Crippen molar-refractivity contribution in [3.05, 3.63) is 76.9 Å². The number of aromatic nitrogens is 1. The first-order valence-electron chi connectivity index (χ1n) is 9.57. The Morgan fingerprint density at radius 2 is 1.84 bits per heavy atom. The van der Waals surface area contributed by atoms with Crippen LogP contribution >= 0.6 is 11.3 Å². The first-order valence-corrected chi connectivity index (χ1v) is 10.5. The van der Waals surface area contributed by atoms with Gasteiger partial charge in [0.15, 0.2) is 16.7 Å². The summed E-state index contributed by atoms with van der Waals surface area (Å²) in [5, 5.41) is 5.12. The van der Waals surface area contributed by atoms with E-state index in [4.69, 9.17) is 9.15 Å². The Morgan fingerprint density at radius 1 is 1.06 bits per heavy atom. The lowest BCUT2D eigenvalue weighted by molar-refractivity contribution is 0.0994. The molecule has 2 aromatic heterocycles. The molecular formula is C24H20N2O4S. The Balaban J connectivity index is 1.50. The number of hydrogen-bond donors (Lipinski definition) is 1. The third-order valence-corrected chi connectivity index (χ3v) is 5.52. The van der Waals surface area contributed by atoms with Gasteiger partial charge >= 0.3 is 0 Å². The molecule has 0 unspecified atom stereocenters. The van der Waals surface area contributed by atoms with Gasteiger partial charge < -0.3 is 9.15 Å². The number of furan rings is 1. The maximum atomic E-state index is 12.6. The maximum Gasteiger partial charge on any atom is 0.293 e. The summed E-state index contributed by atoms with van der Waals surface area (Å²) in [7, 11) is 1.62. The van der Waals surface area contributed by atoms with Crippen molar-refractivity contribution in [2.45, 2.75) is 13.8 Å². The smallest absolute Gasteiger partial charge is 0.293 e. The number of hydrogen-bond acceptors (Lipinski definition) is 6. The van der Waals surface area contributed by atoms with Gasteiger partial charge in [-0.1, -0.05) is 35.9 Å². The van der Waals surface area contributed by atoms with Gasteiger partial charge in [-0.2, -0.15) is 0 Å². The molecule has 0 saturated heterocycles. The minimum absolute atomic E-state index is 0.00263. The largest absolute Gasteiger partial charge is 0.496 e. The maximum absolute atomic E-state index is 12.6. The molecule has 2 aromatic carbocycles. The summed E-state index contributed by atoms with van der Waals surface area (Å²) < 4.78 is 11.1. The number of carbonyl (C=O) groups is 2. The molecule has 31 heavy (non-hydrogen) atoms. The van der Waals surface area contributed by atoms with Gasteiger partial charge in [-0.05, 0) is 38.1 Å². The van der Waals surface area contributed by atoms with Crippen molar-refractivity contribution < 1.29 is 18.7 Å². The van der Waals surface area contributed by atoms with E-state index in [1.165, 1.54) is 18.3 Å². The highest BCUT2D eigenvalue weighted by Crippen LogP contribution is 2.33. The number of rotatable bonds is 6. The number of methoxy groups -OCH3 is 1. The van der Waals surface area contributed by atoms with Crippen LogP contribution in [0.5, 0.6) is 5.75 Å². The number of ether oxygens (including phenoxy) is 1. The summed E-state index contributed by atoms with van der Waals surface area (Å²) in [5.41, 5.74) is 4.10. The van der Waals surface area contributed by atoms with E-state index < -0.39 is 0 Å². The summed E-state index contributed by atoms with van der Waals surface area (Å²) in [5.74, 6) is 1.06. The SMILES string of the molecule is COc1ccc(C)cc1-c1csc(NC(=O)c2ccc(-c3ccc(C(C)=O)cc3)o2)n1. The van der Waals surface area contributed by atoms with Gasteiger partial charge in [-0.25, -0.2) is 4.98 Å². The fraction of sp³-hybridized carbons (Fsp3) is 0.125. The highest BCUT2D eigenvalue weighted by atomic mass is 32.1. The first kappa shape index (κ1) is 20.6. The van der Waals surface area contributed by atoms with Crippen LogP contribution in [-0.4, -0.2) is 23.8 Å². The second-order valence-corrected chi connectivity index (χ2v) is 7.85. The second-order valence-electron chi connectivity index (χ2n) is 6.99. The van der Waals surface area contributed by atoms with Crippen molar-refractivity contribution in [3.63, 3.8) is 0 Å². The first-order chi connectivity index (χ1) is 14.9. The molecule has 0 atom stereocenters. The topological polar surface area (TPSA) is 81.4 Å². The van der Waals surface area contributed by atoms with Gasteiger partial charge in [0.1, 0.15) is 11.5 Å². The Labute approximate surface area is 183 Å². The van der Waals surface area contributed by atoms with E-state index in [1.54, 1.807) is 43.5 Å². The molecule has 0 spiro atoms. The third kappa shape index (κ3) is 4.41. The molecule has 2 heterocycles. The highest BCUT2D eigenvalue weighted by molar-refractivity contribution is 7.14. The van der Waals surface area contributed by atoms with Crippen LogP contribution in [0.2, 0.25) is 0 Å². The van der Waals surface area contributed by atoms with Gasteiger partial charge in [-0.15, -0.1) is 11.3 Å². The van der Waals surface area contributed by atoms with E-state index >= 15 is 0 Å². The zero-order valence-corrected chi connectivity index (χ0v) is 18.1. The number of thiazole rings is 1. The molecule has 1 N–H and O–H groups in total. The highest BCUT2D eigenvalue weighted by Gasteiger charge is 2.16. The molecule has 0 aliphatic rings. The zero-order chi connectivity index (χ0) is 22.0. The molecule has 0 aliphatic carbocycles. The number of ketones is 1. The van der Waals surface area contributed by atoms with E-state index in [2.05, 4.69) is 10.3 Å². The van der Waals surface area contributed by atoms with Gasteiger partial charge in [-0.3, -0.25) is 14.9 Å². The fourth-order valence-corrected chi connectivity index (χ4v) is 3.83. The number of anilines is 1. The summed E-state index contributed by atoms with van der Waals surface area (Å²) in [6.07, 6.45) is 0. The lowest BCUT2D eigenvalue weighted by atomic mass is 10.1. The fourth-order valence-electron chi connectivity index (χ4n) is 3.12. The second kappa shape index (κ2) is 8.57. The van der Waals surface area contributed by atoms with Gasteiger partial charge in [0, 0.05) is 22.1 Å². The van der Waals surface area contributed by atoms with Gasteiger partial charge in [0.25, 0.3) is 5.91 Å². The quantitative estimate of drug-likeness (QED) is 0.387. The molecule has 0 fully saturated rings. The van der Waals surface area contributed by atoms with Crippen LogP contribution < -0.4 is 10.1 Å². The van der Waals surface area contributed by atoms with Crippen molar-refractivity contribution >= 4 is 28.2 Å². The lowest BCUT2D eigenvalue weighted by Crippen LogP contribution is -2.10. The molecule has 6 nitrogen and oxygen atoms in total. The van der Waals surface area contributed by atoms with Crippen LogP contribution in [0.3, 0.4) is 0 Å². The van der Waals surface area contributed by atoms with E-state index in [0.717, 1.165) is 28.1 Å². The molecular weight excluding hydrogens is 412 g/mol. The molecule has 0 saturated carbocycles. The van der Waals surface area contributed by atoms with E-state index in [1.807, 2.05) is 30.5 Å². The number of nitrogens with one attached hydrogen (secondary N) is 1. The van der Waals surface area contributed by atoms with E-state index in [0.29, 0.717) is 16.5 Å². The molecule has 0 aliphatic heterocycles. The lowest BCUT2D eigenvalue weighted by Gasteiger charge is -2.07. The summed E-state index contributed by atoms with van der Waals surface area (Å²) in [6, 6.07) is 16.3. The monoisotopic (exact) mass is 432 g/mol. The molecule has 4 aromatic rings. The van der Waals surface area contributed by atoms with E-state index in [-0.39, 0.29) is 17.5 Å². The van der Waals surface area contributed by atoms with Crippen molar-refractivity contribution in [3.8, 4) is 28.3 Å². The van der Waals surface area contributed by atoms with Crippen molar-refractivity contribution in [1.29, 1.82) is 0 Å². The Hall–Kier alpha value is -3.71. The summed E-state index contributed by atoms with van der Waals surface area (Å²) in [4.78, 5) is 28.6. The van der Waals surface area contributed by atoms with Crippen LogP contribution in [0.25, 0.3) is 22.6 Å². The normalized spacial score (nSPS) is 10.7. The average Bonchev–Trinajstić information content (AvgIpc) is 3.44. The number of nitrogens with zero attached hydrogens (tertiary/aromatic N) is 1. The predicted molar refractivity (Wildman–Crippen MR) is 121 cm³/mol. The molecule has 7 heteroatoms. The van der Waals surface area contributed by atoms with Crippen LogP contribution in [0, 0.1) is 6.92 Å². The van der Waals surface area contributed by atoms with Crippen LogP contribution in [-0.2, 0) is 0 Å². The van der Waals surface area contributed by atoms with Crippen LogP contribution in [0.15, 0.2) is 64.4 Å². The molecule has 1 amide bonds. The van der Waals surface area contributed by atoms with Crippen LogP contribution in [0.1, 0.15) is 33.4 Å². The number of amides is 1. The number of carbonyl (C=O) groups excluding carboxylic acids is 2. The number of Topliss-reactive ketones (excluding diaryl/α,β-unsaturated/α-hetero) is 1. The Kier molecular flexibility index (Phi) is 5.68. The van der Waals surface area contributed by atoms with Gasteiger partial charge in [0.2, 0.25) is 0 Å². The van der Waals surface area contributed by atoms with Gasteiger partial charge in [0.05, 0.1) is 12.8 Å². The van der Waals surface area contributed by atoms with Crippen molar-refractivity contribution in [2.24, 2.45) is 0 Å². The standard InChI is InChI=1S/C24H20N2O4S/c1-14-4-9-21(29-3)18(12-14)19-13-31-24(25-19)26-23(28)22-11-10-20(30-22)17-7-5-16(6-8-17)15(2)27/h4-13H,1-3H3,(H,25,26,28). The molecule has 4 rings (SSSR count). The minimum Gasteiger partial charge on any atom is -0.496 e. The minimum atomic E-state index is -0.385. The third-order valence-electron chi connectivity index (χ3n) is 4.76.